The minimum atomic E-state index is 0.267. The summed E-state index contributed by atoms with van der Waals surface area (Å²) in [6.07, 6.45) is 7.90. The van der Waals surface area contributed by atoms with Gasteiger partial charge in [0, 0.05) is 24.7 Å². The van der Waals surface area contributed by atoms with Crippen molar-refractivity contribution in [2.24, 2.45) is 5.92 Å². The molecule has 110 valence electrons. The maximum absolute atomic E-state index is 5.65. The van der Waals surface area contributed by atoms with Crippen molar-refractivity contribution in [3.63, 3.8) is 0 Å². The van der Waals surface area contributed by atoms with Gasteiger partial charge in [0.15, 0.2) is 0 Å². The third-order valence-corrected chi connectivity index (χ3v) is 5.31. The zero-order valence-electron chi connectivity index (χ0n) is 12.6. The van der Waals surface area contributed by atoms with Gasteiger partial charge in [-0.2, -0.15) is 0 Å². The maximum atomic E-state index is 5.65. The predicted molar refractivity (Wildman–Crippen MR) is 83.0 cm³/mol. The molecule has 1 atom stereocenters. The second-order valence-corrected chi connectivity index (χ2v) is 6.50. The number of likely N-dealkylation sites (N-methyl/N-ethyl adjacent to an activating group) is 1. The molecule has 2 aliphatic rings. The summed E-state index contributed by atoms with van der Waals surface area (Å²) in [5, 5.41) is 3.64. The lowest BCUT2D eigenvalue weighted by atomic mass is 9.67. The van der Waals surface area contributed by atoms with Crippen LogP contribution in [-0.4, -0.2) is 26.3 Å². The van der Waals surface area contributed by atoms with Crippen LogP contribution in [0, 0.1) is 5.92 Å². The summed E-state index contributed by atoms with van der Waals surface area (Å²) < 4.78 is 5.65. The minimum Gasteiger partial charge on any atom is -0.381 e. The lowest BCUT2D eigenvalue weighted by Gasteiger charge is -2.44. The standard InChI is InChI=1S/C18H27NO/c1-19-17(10-9-15-7-8-15)18(11-13-20-14-12-18)16-5-3-2-4-6-16/h2-6,15,17,19H,7-14H2,1H3. The summed E-state index contributed by atoms with van der Waals surface area (Å²) >= 11 is 0. The molecular weight excluding hydrogens is 246 g/mol. The van der Waals surface area contributed by atoms with Gasteiger partial charge in [-0.3, -0.25) is 0 Å². The van der Waals surface area contributed by atoms with E-state index < -0.39 is 0 Å². The lowest BCUT2D eigenvalue weighted by Crippen LogP contribution is -2.50. The van der Waals surface area contributed by atoms with Gasteiger partial charge in [-0.05, 0) is 44.2 Å². The molecule has 0 spiro atoms. The summed E-state index contributed by atoms with van der Waals surface area (Å²) in [4.78, 5) is 0. The first-order chi connectivity index (χ1) is 9.85. The quantitative estimate of drug-likeness (QED) is 0.856. The summed E-state index contributed by atoms with van der Waals surface area (Å²) in [6, 6.07) is 11.7. The Hall–Kier alpha value is -0.860. The zero-order valence-corrected chi connectivity index (χ0v) is 12.6. The summed E-state index contributed by atoms with van der Waals surface area (Å²) in [6.45, 7) is 1.80. The molecular formula is C18H27NO. The van der Waals surface area contributed by atoms with Gasteiger partial charge in [0.1, 0.15) is 0 Å². The van der Waals surface area contributed by atoms with E-state index in [1.165, 1.54) is 31.2 Å². The Morgan fingerprint density at radius 2 is 1.90 bits per heavy atom. The number of hydrogen-bond acceptors (Lipinski definition) is 2. The van der Waals surface area contributed by atoms with E-state index in [1.54, 1.807) is 0 Å². The molecule has 20 heavy (non-hydrogen) atoms. The normalized spacial score (nSPS) is 23.4. The van der Waals surface area contributed by atoms with Crippen LogP contribution in [0.1, 0.15) is 44.1 Å². The van der Waals surface area contributed by atoms with Crippen molar-refractivity contribution < 1.29 is 4.74 Å². The van der Waals surface area contributed by atoms with E-state index in [0.717, 1.165) is 32.0 Å². The van der Waals surface area contributed by atoms with Crippen molar-refractivity contribution in [3.05, 3.63) is 35.9 Å². The van der Waals surface area contributed by atoms with Crippen molar-refractivity contribution in [2.75, 3.05) is 20.3 Å². The van der Waals surface area contributed by atoms with Gasteiger partial charge < -0.3 is 10.1 Å². The van der Waals surface area contributed by atoms with Crippen LogP contribution in [0.25, 0.3) is 0 Å². The molecule has 1 aromatic carbocycles. The largest absolute Gasteiger partial charge is 0.381 e. The van der Waals surface area contributed by atoms with E-state index >= 15 is 0 Å². The molecule has 1 aliphatic heterocycles. The van der Waals surface area contributed by atoms with Crippen LogP contribution in [0.3, 0.4) is 0 Å². The number of hydrogen-bond donors (Lipinski definition) is 1. The van der Waals surface area contributed by atoms with Crippen LogP contribution >= 0.6 is 0 Å². The molecule has 1 unspecified atom stereocenters. The van der Waals surface area contributed by atoms with Gasteiger partial charge in [0.25, 0.3) is 0 Å². The van der Waals surface area contributed by atoms with E-state index in [-0.39, 0.29) is 5.41 Å². The molecule has 2 heteroatoms. The van der Waals surface area contributed by atoms with Crippen LogP contribution in [0.15, 0.2) is 30.3 Å². The fourth-order valence-electron chi connectivity index (χ4n) is 3.85. The topological polar surface area (TPSA) is 21.3 Å². The third-order valence-electron chi connectivity index (χ3n) is 5.31. The molecule has 1 N–H and O–H groups in total. The zero-order chi connectivity index (χ0) is 13.8. The SMILES string of the molecule is CNC(CCC1CC1)C1(c2ccccc2)CCOCC1. The Kier molecular flexibility index (Phi) is 4.42. The highest BCUT2D eigenvalue weighted by molar-refractivity contribution is 5.28. The minimum absolute atomic E-state index is 0.267. The maximum Gasteiger partial charge on any atom is 0.0475 e. The van der Waals surface area contributed by atoms with E-state index in [4.69, 9.17) is 4.74 Å². The molecule has 1 aliphatic carbocycles. The Morgan fingerprint density at radius 1 is 1.20 bits per heavy atom. The van der Waals surface area contributed by atoms with Gasteiger partial charge >= 0.3 is 0 Å². The van der Waals surface area contributed by atoms with Crippen molar-refractivity contribution in [2.45, 2.75) is 50.0 Å². The van der Waals surface area contributed by atoms with E-state index in [1.807, 2.05) is 0 Å². The highest BCUT2D eigenvalue weighted by Gasteiger charge is 2.41. The van der Waals surface area contributed by atoms with Crippen molar-refractivity contribution in [3.8, 4) is 0 Å². The summed E-state index contributed by atoms with van der Waals surface area (Å²) in [5.74, 6) is 1.01. The van der Waals surface area contributed by atoms with Crippen LogP contribution < -0.4 is 5.32 Å². The van der Waals surface area contributed by atoms with Crippen LogP contribution in [0.2, 0.25) is 0 Å². The number of rotatable bonds is 6. The third kappa shape index (κ3) is 2.91. The van der Waals surface area contributed by atoms with Crippen molar-refractivity contribution in [1.29, 1.82) is 0 Å². The molecule has 0 bridgehead atoms. The van der Waals surface area contributed by atoms with E-state index in [9.17, 15) is 0 Å². The smallest absolute Gasteiger partial charge is 0.0475 e. The number of ether oxygens (including phenoxy) is 1. The fourth-order valence-corrected chi connectivity index (χ4v) is 3.85. The summed E-state index contributed by atoms with van der Waals surface area (Å²) in [7, 11) is 2.14. The van der Waals surface area contributed by atoms with Crippen LogP contribution in [-0.2, 0) is 10.2 Å². The van der Waals surface area contributed by atoms with Crippen molar-refractivity contribution >= 4 is 0 Å². The molecule has 0 amide bonds. The predicted octanol–water partition coefficient (Wildman–Crippen LogP) is 3.51. The van der Waals surface area contributed by atoms with Gasteiger partial charge in [0.2, 0.25) is 0 Å². The molecule has 2 nitrogen and oxygen atoms in total. The van der Waals surface area contributed by atoms with Crippen molar-refractivity contribution in [1.82, 2.24) is 5.32 Å². The Balaban J connectivity index is 1.82. The highest BCUT2D eigenvalue weighted by Crippen LogP contribution is 2.42. The first kappa shape index (κ1) is 14.1. The molecule has 1 heterocycles. The average Bonchev–Trinajstić information content (AvgIpc) is 3.34. The molecule has 0 radical (unpaired) electrons. The van der Waals surface area contributed by atoms with Gasteiger partial charge in [-0.15, -0.1) is 0 Å². The molecule has 3 rings (SSSR count). The molecule has 2 fully saturated rings. The van der Waals surface area contributed by atoms with E-state index in [2.05, 4.69) is 42.7 Å². The Morgan fingerprint density at radius 3 is 2.50 bits per heavy atom. The highest BCUT2D eigenvalue weighted by atomic mass is 16.5. The van der Waals surface area contributed by atoms with E-state index in [0.29, 0.717) is 6.04 Å². The van der Waals surface area contributed by atoms with Crippen LogP contribution in [0.4, 0.5) is 0 Å². The van der Waals surface area contributed by atoms with Gasteiger partial charge in [0.05, 0.1) is 0 Å². The lowest BCUT2D eigenvalue weighted by molar-refractivity contribution is 0.0336. The number of benzene rings is 1. The second kappa shape index (κ2) is 6.28. The van der Waals surface area contributed by atoms with Gasteiger partial charge in [-0.1, -0.05) is 43.2 Å². The first-order valence-electron chi connectivity index (χ1n) is 8.16. The molecule has 1 aromatic rings. The van der Waals surface area contributed by atoms with Gasteiger partial charge in [-0.25, -0.2) is 0 Å². The fraction of sp³-hybridized carbons (Fsp3) is 0.667. The molecule has 1 saturated heterocycles. The summed E-state index contributed by atoms with van der Waals surface area (Å²) in [5.41, 5.74) is 1.77. The molecule has 0 aromatic heterocycles. The second-order valence-electron chi connectivity index (χ2n) is 6.50. The molecule has 1 saturated carbocycles. The average molecular weight is 273 g/mol. The first-order valence-corrected chi connectivity index (χ1v) is 8.16. The Bertz CT molecular complexity index is 407. The number of nitrogens with one attached hydrogen (secondary N) is 1. The monoisotopic (exact) mass is 273 g/mol. The van der Waals surface area contributed by atoms with Crippen LogP contribution in [0.5, 0.6) is 0 Å². The Labute approximate surface area is 122 Å².